The lowest BCUT2D eigenvalue weighted by Crippen LogP contribution is -2.42. The van der Waals surface area contributed by atoms with Crippen LogP contribution in [-0.2, 0) is 18.6 Å². The Morgan fingerprint density at radius 1 is 1.33 bits per heavy atom. The van der Waals surface area contributed by atoms with Crippen molar-refractivity contribution in [2.24, 2.45) is 0 Å². The highest BCUT2D eigenvalue weighted by Crippen LogP contribution is 2.26. The molecule has 0 unspecified atom stereocenters. The minimum atomic E-state index is -0.905. The molecular formula is C11H19N5O2. The fraction of sp³-hybridized carbons (Fsp3) is 0.727. The minimum Gasteiger partial charge on any atom is -0.465 e. The zero-order valence-electron chi connectivity index (χ0n) is 11.2. The van der Waals surface area contributed by atoms with E-state index in [-0.39, 0.29) is 5.54 Å². The molecule has 0 aromatic carbocycles. The van der Waals surface area contributed by atoms with E-state index in [9.17, 15) is 4.79 Å². The monoisotopic (exact) mass is 253 g/mol. The van der Waals surface area contributed by atoms with Crippen molar-refractivity contribution >= 4 is 6.09 Å². The lowest BCUT2D eigenvalue weighted by Gasteiger charge is -2.33. The van der Waals surface area contributed by atoms with Gasteiger partial charge >= 0.3 is 6.09 Å². The molecule has 0 radical (unpaired) electrons. The number of fused-ring (bicyclic) bond motifs is 1. The fourth-order valence-electron chi connectivity index (χ4n) is 1.97. The zero-order valence-corrected chi connectivity index (χ0v) is 11.2. The second-order valence-corrected chi connectivity index (χ2v) is 5.25. The Labute approximate surface area is 106 Å². The highest BCUT2D eigenvalue weighted by molar-refractivity contribution is 5.65. The number of hydrogen-bond donors (Lipinski definition) is 1. The van der Waals surface area contributed by atoms with Crippen molar-refractivity contribution in [3.05, 3.63) is 11.6 Å². The molecule has 0 saturated carbocycles. The predicted octanol–water partition coefficient (Wildman–Crippen LogP) is 0.568. The summed E-state index contributed by atoms with van der Waals surface area (Å²) in [6, 6.07) is 0. The van der Waals surface area contributed by atoms with Gasteiger partial charge in [-0.2, -0.15) is 0 Å². The van der Waals surface area contributed by atoms with E-state index in [0.717, 1.165) is 5.82 Å². The zero-order chi connectivity index (χ0) is 13.5. The summed E-state index contributed by atoms with van der Waals surface area (Å²) in [6.45, 7) is 5.56. The average molecular weight is 253 g/mol. The molecule has 1 aliphatic heterocycles. The Hall–Kier alpha value is -1.63. The van der Waals surface area contributed by atoms with Crippen molar-refractivity contribution in [3.8, 4) is 0 Å². The summed E-state index contributed by atoms with van der Waals surface area (Å²) in [7, 11) is 3.99. The van der Waals surface area contributed by atoms with E-state index in [2.05, 4.69) is 28.9 Å². The summed E-state index contributed by atoms with van der Waals surface area (Å²) in [5.74, 6) is 1.60. The highest BCUT2D eigenvalue weighted by Gasteiger charge is 2.33. The van der Waals surface area contributed by atoms with E-state index < -0.39 is 6.09 Å². The number of amides is 1. The average Bonchev–Trinajstić information content (AvgIpc) is 2.71. The first-order valence-electron chi connectivity index (χ1n) is 5.92. The van der Waals surface area contributed by atoms with Crippen molar-refractivity contribution in [3.63, 3.8) is 0 Å². The number of aromatic nitrogens is 3. The van der Waals surface area contributed by atoms with Crippen LogP contribution in [0, 0.1) is 0 Å². The Morgan fingerprint density at radius 3 is 2.56 bits per heavy atom. The molecule has 2 rings (SSSR count). The molecule has 2 heterocycles. The quantitative estimate of drug-likeness (QED) is 0.834. The minimum absolute atomic E-state index is 0.226. The maximum Gasteiger partial charge on any atom is 0.407 e. The fourth-order valence-corrected chi connectivity index (χ4v) is 1.97. The molecule has 1 aromatic heterocycles. The van der Waals surface area contributed by atoms with Crippen molar-refractivity contribution in [2.45, 2.75) is 32.5 Å². The lowest BCUT2D eigenvalue weighted by atomic mass is 10.0. The molecule has 0 saturated heterocycles. The highest BCUT2D eigenvalue weighted by atomic mass is 16.4. The van der Waals surface area contributed by atoms with Crippen molar-refractivity contribution < 1.29 is 9.90 Å². The molecular weight excluding hydrogens is 234 g/mol. The second kappa shape index (κ2) is 4.24. The lowest BCUT2D eigenvalue weighted by molar-refractivity contribution is 0.127. The van der Waals surface area contributed by atoms with E-state index in [1.165, 1.54) is 4.90 Å². The summed E-state index contributed by atoms with van der Waals surface area (Å²) < 4.78 is 2.03. The van der Waals surface area contributed by atoms with Gasteiger partial charge in [0.15, 0.2) is 11.6 Å². The van der Waals surface area contributed by atoms with Gasteiger partial charge in [-0.15, -0.1) is 10.2 Å². The molecule has 1 amide bonds. The molecule has 0 spiro atoms. The van der Waals surface area contributed by atoms with Gasteiger partial charge in [0.05, 0.1) is 12.1 Å². The molecule has 18 heavy (non-hydrogen) atoms. The van der Waals surface area contributed by atoms with Crippen LogP contribution in [0.15, 0.2) is 0 Å². The molecule has 100 valence electrons. The predicted molar refractivity (Wildman–Crippen MR) is 65.2 cm³/mol. The van der Waals surface area contributed by atoms with Crippen LogP contribution < -0.4 is 0 Å². The van der Waals surface area contributed by atoms with Gasteiger partial charge in [-0.3, -0.25) is 9.80 Å². The molecule has 1 aliphatic rings. The molecule has 1 N–H and O–H groups in total. The Morgan fingerprint density at radius 2 is 2.00 bits per heavy atom. The summed E-state index contributed by atoms with van der Waals surface area (Å²) >= 11 is 0. The van der Waals surface area contributed by atoms with Crippen LogP contribution in [0.2, 0.25) is 0 Å². The van der Waals surface area contributed by atoms with Gasteiger partial charge in [0.25, 0.3) is 0 Å². The maximum absolute atomic E-state index is 10.9. The van der Waals surface area contributed by atoms with Gasteiger partial charge in [0.1, 0.15) is 0 Å². The number of carboxylic acid groups (broad SMARTS) is 1. The first-order valence-corrected chi connectivity index (χ1v) is 5.92. The maximum atomic E-state index is 10.9. The summed E-state index contributed by atoms with van der Waals surface area (Å²) in [6.07, 6.45) is -0.905. The topological polar surface area (TPSA) is 74.5 Å². The third-order valence-corrected chi connectivity index (χ3v) is 3.69. The van der Waals surface area contributed by atoms with Crippen LogP contribution in [0.25, 0.3) is 0 Å². The third kappa shape index (κ3) is 1.94. The number of rotatable bonds is 2. The van der Waals surface area contributed by atoms with Crippen LogP contribution in [0.1, 0.15) is 25.5 Å². The smallest absolute Gasteiger partial charge is 0.407 e. The molecule has 1 aromatic rings. The molecule has 0 atom stereocenters. The Kier molecular flexibility index (Phi) is 3.02. The van der Waals surface area contributed by atoms with Gasteiger partial charge in [-0.25, -0.2) is 4.79 Å². The summed E-state index contributed by atoms with van der Waals surface area (Å²) in [4.78, 5) is 14.4. The third-order valence-electron chi connectivity index (χ3n) is 3.69. The molecule has 0 bridgehead atoms. The van der Waals surface area contributed by atoms with E-state index in [4.69, 9.17) is 5.11 Å². The second-order valence-electron chi connectivity index (χ2n) is 5.25. The Bertz CT molecular complexity index is 466. The number of carbonyl (C=O) groups is 1. The van der Waals surface area contributed by atoms with Crippen molar-refractivity contribution in [1.82, 2.24) is 24.6 Å². The van der Waals surface area contributed by atoms with E-state index in [0.29, 0.717) is 25.5 Å². The van der Waals surface area contributed by atoms with Gasteiger partial charge in [-0.1, -0.05) is 0 Å². The van der Waals surface area contributed by atoms with Gasteiger partial charge < -0.3 is 9.67 Å². The van der Waals surface area contributed by atoms with Crippen LogP contribution in [0.5, 0.6) is 0 Å². The van der Waals surface area contributed by atoms with Crippen molar-refractivity contribution in [2.75, 3.05) is 20.6 Å². The van der Waals surface area contributed by atoms with E-state index in [1.54, 1.807) is 0 Å². The van der Waals surface area contributed by atoms with Crippen molar-refractivity contribution in [1.29, 1.82) is 0 Å². The first-order chi connectivity index (χ1) is 8.34. The van der Waals surface area contributed by atoms with Gasteiger partial charge in [0.2, 0.25) is 0 Å². The van der Waals surface area contributed by atoms with Crippen LogP contribution in [0.3, 0.4) is 0 Å². The normalized spacial score (nSPS) is 15.9. The molecule has 0 aliphatic carbocycles. The number of nitrogens with zero attached hydrogens (tertiary/aromatic N) is 5. The van der Waals surface area contributed by atoms with Crippen LogP contribution >= 0.6 is 0 Å². The first kappa shape index (κ1) is 12.8. The van der Waals surface area contributed by atoms with Crippen LogP contribution in [0.4, 0.5) is 4.79 Å². The van der Waals surface area contributed by atoms with E-state index in [1.807, 2.05) is 18.7 Å². The Balaban J connectivity index is 2.32. The molecule has 7 nitrogen and oxygen atoms in total. The standard InChI is InChI=1S/C11H19N5O2/c1-11(2,14(3)4)9-13-12-8-7-15(10(17)18)5-6-16(8)9/h5-7H2,1-4H3,(H,17,18). The molecule has 7 heteroatoms. The van der Waals surface area contributed by atoms with Gasteiger partial charge in [-0.05, 0) is 27.9 Å². The van der Waals surface area contributed by atoms with Gasteiger partial charge in [0, 0.05) is 13.1 Å². The van der Waals surface area contributed by atoms with Crippen LogP contribution in [-0.4, -0.2) is 56.4 Å². The summed E-state index contributed by atoms with van der Waals surface area (Å²) in [5.41, 5.74) is -0.226. The van der Waals surface area contributed by atoms with E-state index >= 15 is 0 Å². The SMILES string of the molecule is CN(C)C(C)(C)c1nnc2n1CCN(C(=O)O)C2. The summed E-state index contributed by atoms with van der Waals surface area (Å²) in [5, 5.41) is 17.3. The number of hydrogen-bond acceptors (Lipinski definition) is 4. The molecule has 0 fully saturated rings. The largest absolute Gasteiger partial charge is 0.465 e.